The van der Waals surface area contributed by atoms with Gasteiger partial charge in [0.25, 0.3) is 0 Å². The third-order valence-electron chi connectivity index (χ3n) is 3.22. The van der Waals surface area contributed by atoms with Crippen LogP contribution < -0.4 is 0 Å². The normalized spacial score (nSPS) is 13.5. The van der Waals surface area contributed by atoms with Crippen LogP contribution in [0, 0.1) is 16.5 Å². The summed E-state index contributed by atoms with van der Waals surface area (Å²) in [5, 5.41) is 0. The molecule has 0 bridgehead atoms. The van der Waals surface area contributed by atoms with Gasteiger partial charge >= 0.3 is 0 Å². The zero-order valence-corrected chi connectivity index (χ0v) is 11.1. The Morgan fingerprint density at radius 2 is 2.12 bits per heavy atom. The van der Waals surface area contributed by atoms with Crippen molar-refractivity contribution in [2.45, 2.75) is 33.2 Å². The lowest BCUT2D eigenvalue weighted by atomic mass is 10.0. The number of nitrogens with zero attached hydrogens (tertiary/aromatic N) is 1. The Kier molecular flexibility index (Phi) is 3.33. The van der Waals surface area contributed by atoms with Crippen molar-refractivity contribution in [2.24, 2.45) is 5.92 Å². The standard InChI is InChI=1S/C13H17FN2S/c1-4-10(8(2)3)16-11-7-5-6-9(14)12(11)15-13(16)17/h5-8,10H,4H2,1-3H3,(H,15,17). The molecule has 1 aromatic carbocycles. The van der Waals surface area contributed by atoms with Crippen LogP contribution in [0.25, 0.3) is 11.0 Å². The molecule has 0 aliphatic heterocycles. The Labute approximate surface area is 105 Å². The van der Waals surface area contributed by atoms with Crippen molar-refractivity contribution in [1.29, 1.82) is 0 Å². The van der Waals surface area contributed by atoms with E-state index in [1.54, 1.807) is 6.07 Å². The number of halogens is 1. The summed E-state index contributed by atoms with van der Waals surface area (Å²) in [6.07, 6.45) is 0.982. The minimum Gasteiger partial charge on any atom is -0.328 e. The summed E-state index contributed by atoms with van der Waals surface area (Å²) in [4.78, 5) is 2.97. The second-order valence-electron chi connectivity index (χ2n) is 4.65. The summed E-state index contributed by atoms with van der Waals surface area (Å²) >= 11 is 5.32. The third kappa shape index (κ3) is 2.02. The van der Waals surface area contributed by atoms with Crippen LogP contribution in [0.15, 0.2) is 18.2 Å². The first-order valence-electron chi connectivity index (χ1n) is 5.95. The van der Waals surface area contributed by atoms with E-state index in [2.05, 4.69) is 25.8 Å². The minimum absolute atomic E-state index is 0.244. The summed E-state index contributed by atoms with van der Waals surface area (Å²) in [7, 11) is 0. The molecule has 4 heteroatoms. The van der Waals surface area contributed by atoms with Crippen LogP contribution >= 0.6 is 12.2 Å². The van der Waals surface area contributed by atoms with E-state index < -0.39 is 0 Å². The molecule has 0 fully saturated rings. The van der Waals surface area contributed by atoms with Crippen LogP contribution in [0.1, 0.15) is 33.2 Å². The maximum Gasteiger partial charge on any atom is 0.178 e. The molecule has 0 spiro atoms. The lowest BCUT2D eigenvalue weighted by Crippen LogP contribution is -2.14. The number of hydrogen-bond acceptors (Lipinski definition) is 1. The summed E-state index contributed by atoms with van der Waals surface area (Å²) in [5.74, 6) is 0.222. The molecule has 1 atom stereocenters. The molecule has 0 saturated heterocycles. The summed E-state index contributed by atoms with van der Waals surface area (Å²) in [6, 6.07) is 5.39. The van der Waals surface area contributed by atoms with E-state index in [-0.39, 0.29) is 5.82 Å². The molecule has 0 amide bonds. The molecule has 2 nitrogen and oxygen atoms in total. The van der Waals surface area contributed by atoms with Gasteiger partial charge in [0.1, 0.15) is 11.3 Å². The fraction of sp³-hybridized carbons (Fsp3) is 0.462. The first-order valence-corrected chi connectivity index (χ1v) is 6.35. The van der Waals surface area contributed by atoms with Crippen LogP contribution in [-0.4, -0.2) is 9.55 Å². The van der Waals surface area contributed by atoms with Gasteiger partial charge < -0.3 is 9.55 Å². The van der Waals surface area contributed by atoms with Crippen LogP contribution in [0.3, 0.4) is 0 Å². The smallest absolute Gasteiger partial charge is 0.178 e. The Balaban J connectivity index is 2.73. The highest BCUT2D eigenvalue weighted by Crippen LogP contribution is 2.27. The lowest BCUT2D eigenvalue weighted by Gasteiger charge is -2.21. The molecule has 1 unspecified atom stereocenters. The number of rotatable bonds is 3. The van der Waals surface area contributed by atoms with Gasteiger partial charge in [0.15, 0.2) is 4.77 Å². The van der Waals surface area contributed by atoms with Gasteiger partial charge in [0, 0.05) is 6.04 Å². The first kappa shape index (κ1) is 12.3. The van der Waals surface area contributed by atoms with Crippen LogP contribution in [0.4, 0.5) is 4.39 Å². The fourth-order valence-electron chi connectivity index (χ4n) is 2.40. The second-order valence-corrected chi connectivity index (χ2v) is 5.04. The number of aromatic nitrogens is 2. The maximum absolute atomic E-state index is 13.7. The Morgan fingerprint density at radius 3 is 2.71 bits per heavy atom. The van der Waals surface area contributed by atoms with Crippen molar-refractivity contribution in [2.75, 3.05) is 0 Å². The molecule has 1 heterocycles. The molecule has 2 rings (SSSR count). The van der Waals surface area contributed by atoms with E-state index in [1.807, 2.05) is 10.6 Å². The highest BCUT2D eigenvalue weighted by Gasteiger charge is 2.18. The number of aromatic amines is 1. The lowest BCUT2D eigenvalue weighted by molar-refractivity contribution is 0.370. The Morgan fingerprint density at radius 1 is 1.41 bits per heavy atom. The number of nitrogens with one attached hydrogen (secondary N) is 1. The summed E-state index contributed by atoms with van der Waals surface area (Å²) in [5.41, 5.74) is 1.37. The summed E-state index contributed by atoms with van der Waals surface area (Å²) < 4.78 is 16.3. The molecule has 92 valence electrons. The predicted octanol–water partition coefficient (Wildman–Crippen LogP) is 4.45. The molecular weight excluding hydrogens is 235 g/mol. The molecular formula is C13H17FN2S. The topological polar surface area (TPSA) is 20.7 Å². The SMILES string of the molecule is CCC(C(C)C)n1c(=S)[nH]c2c(F)cccc21. The molecule has 0 aliphatic rings. The van der Waals surface area contributed by atoms with Gasteiger partial charge in [-0.3, -0.25) is 0 Å². The average molecular weight is 252 g/mol. The van der Waals surface area contributed by atoms with Crippen LogP contribution in [0.2, 0.25) is 0 Å². The number of H-pyrrole nitrogens is 1. The number of benzene rings is 1. The van der Waals surface area contributed by atoms with E-state index in [4.69, 9.17) is 12.2 Å². The molecule has 1 N–H and O–H groups in total. The molecule has 0 aliphatic carbocycles. The van der Waals surface area contributed by atoms with E-state index >= 15 is 0 Å². The van der Waals surface area contributed by atoms with E-state index in [9.17, 15) is 4.39 Å². The zero-order valence-electron chi connectivity index (χ0n) is 10.3. The average Bonchev–Trinajstić information content (AvgIpc) is 2.59. The Hall–Kier alpha value is -1.16. The van der Waals surface area contributed by atoms with Gasteiger partial charge in [0.2, 0.25) is 0 Å². The zero-order chi connectivity index (χ0) is 12.6. The molecule has 1 aromatic heterocycles. The maximum atomic E-state index is 13.7. The highest BCUT2D eigenvalue weighted by molar-refractivity contribution is 7.71. The minimum atomic E-state index is -0.244. The molecule has 0 saturated carbocycles. The number of para-hydroxylation sites is 1. The van der Waals surface area contributed by atoms with E-state index in [0.29, 0.717) is 22.2 Å². The second kappa shape index (κ2) is 4.61. The van der Waals surface area contributed by atoms with Crippen molar-refractivity contribution >= 4 is 23.3 Å². The van der Waals surface area contributed by atoms with E-state index in [0.717, 1.165) is 11.9 Å². The summed E-state index contributed by atoms with van der Waals surface area (Å²) in [6.45, 7) is 6.45. The van der Waals surface area contributed by atoms with Gasteiger partial charge in [-0.25, -0.2) is 4.39 Å². The van der Waals surface area contributed by atoms with E-state index in [1.165, 1.54) is 6.07 Å². The van der Waals surface area contributed by atoms with Crippen molar-refractivity contribution in [3.05, 3.63) is 28.8 Å². The molecule has 17 heavy (non-hydrogen) atoms. The number of imidazole rings is 1. The first-order chi connectivity index (χ1) is 8.06. The van der Waals surface area contributed by atoms with Gasteiger partial charge in [-0.05, 0) is 36.7 Å². The number of hydrogen-bond donors (Lipinski definition) is 1. The third-order valence-corrected chi connectivity index (χ3v) is 3.52. The molecule has 0 radical (unpaired) electrons. The van der Waals surface area contributed by atoms with Crippen molar-refractivity contribution in [3.63, 3.8) is 0 Å². The largest absolute Gasteiger partial charge is 0.328 e. The quantitative estimate of drug-likeness (QED) is 0.801. The fourth-order valence-corrected chi connectivity index (χ4v) is 2.73. The van der Waals surface area contributed by atoms with Crippen molar-refractivity contribution < 1.29 is 4.39 Å². The van der Waals surface area contributed by atoms with Crippen molar-refractivity contribution in [1.82, 2.24) is 9.55 Å². The Bertz CT molecular complexity index is 583. The number of fused-ring (bicyclic) bond motifs is 1. The van der Waals surface area contributed by atoms with Crippen LogP contribution in [0.5, 0.6) is 0 Å². The van der Waals surface area contributed by atoms with Gasteiger partial charge in [0.05, 0.1) is 5.52 Å². The van der Waals surface area contributed by atoms with Gasteiger partial charge in [-0.15, -0.1) is 0 Å². The van der Waals surface area contributed by atoms with Crippen molar-refractivity contribution in [3.8, 4) is 0 Å². The van der Waals surface area contributed by atoms with Gasteiger partial charge in [-0.1, -0.05) is 26.8 Å². The van der Waals surface area contributed by atoms with Crippen LogP contribution in [-0.2, 0) is 0 Å². The highest BCUT2D eigenvalue weighted by atomic mass is 32.1. The predicted molar refractivity (Wildman–Crippen MR) is 71.2 cm³/mol. The van der Waals surface area contributed by atoms with Gasteiger partial charge in [-0.2, -0.15) is 0 Å². The molecule has 2 aromatic rings. The monoisotopic (exact) mass is 252 g/mol.